The van der Waals surface area contributed by atoms with Crippen LogP contribution < -0.4 is 5.32 Å². The predicted molar refractivity (Wildman–Crippen MR) is 85.4 cm³/mol. The van der Waals surface area contributed by atoms with Crippen LogP contribution in [0.4, 0.5) is 4.79 Å². The van der Waals surface area contributed by atoms with Crippen LogP contribution >= 0.6 is 0 Å². The Labute approximate surface area is 129 Å². The van der Waals surface area contributed by atoms with Crippen molar-refractivity contribution in [2.75, 3.05) is 13.1 Å². The molecule has 0 aromatic carbocycles. The molecule has 4 nitrogen and oxygen atoms in total. The first-order chi connectivity index (χ1) is 9.85. The van der Waals surface area contributed by atoms with Crippen molar-refractivity contribution in [3.05, 3.63) is 0 Å². The van der Waals surface area contributed by atoms with E-state index in [0.717, 1.165) is 31.8 Å². The molecule has 1 aliphatic heterocycles. The Morgan fingerprint density at radius 2 is 1.86 bits per heavy atom. The second-order valence-corrected chi connectivity index (χ2v) is 7.83. The molecule has 1 amide bonds. The molecular weight excluding hydrogens is 264 g/mol. The van der Waals surface area contributed by atoms with Crippen molar-refractivity contribution in [1.29, 1.82) is 0 Å². The molecule has 1 N–H and O–H groups in total. The topological polar surface area (TPSA) is 41.6 Å². The van der Waals surface area contributed by atoms with Gasteiger partial charge in [0, 0.05) is 25.2 Å². The molecule has 1 atom stereocenters. The molecule has 1 heterocycles. The van der Waals surface area contributed by atoms with Gasteiger partial charge in [0.25, 0.3) is 0 Å². The number of likely N-dealkylation sites (tertiary alicyclic amines) is 1. The van der Waals surface area contributed by atoms with E-state index in [1.165, 1.54) is 25.7 Å². The number of carbonyl (C=O) groups is 1. The minimum absolute atomic E-state index is 0.149. The maximum atomic E-state index is 12.2. The van der Waals surface area contributed by atoms with Gasteiger partial charge in [-0.25, -0.2) is 4.79 Å². The molecule has 0 spiro atoms. The van der Waals surface area contributed by atoms with E-state index in [1.807, 2.05) is 25.7 Å². The molecule has 1 aliphatic carbocycles. The summed E-state index contributed by atoms with van der Waals surface area (Å²) in [6.45, 7) is 9.88. The number of nitrogens with zero attached hydrogens (tertiary/aromatic N) is 1. The lowest BCUT2D eigenvalue weighted by Crippen LogP contribution is -2.46. The fourth-order valence-corrected chi connectivity index (χ4v) is 3.38. The minimum Gasteiger partial charge on any atom is -0.444 e. The van der Waals surface area contributed by atoms with E-state index in [-0.39, 0.29) is 6.09 Å². The summed E-state index contributed by atoms with van der Waals surface area (Å²) in [7, 11) is 0. The van der Waals surface area contributed by atoms with Crippen LogP contribution in [0.1, 0.15) is 66.2 Å². The van der Waals surface area contributed by atoms with E-state index in [1.54, 1.807) is 0 Å². The summed E-state index contributed by atoms with van der Waals surface area (Å²) in [4.78, 5) is 14.2. The first kappa shape index (κ1) is 16.6. The molecule has 0 unspecified atom stereocenters. The number of carbonyl (C=O) groups excluding carboxylic acids is 1. The number of nitrogens with one attached hydrogen (secondary N) is 1. The number of hydrogen-bond donors (Lipinski definition) is 1. The Morgan fingerprint density at radius 1 is 1.19 bits per heavy atom. The Bertz CT molecular complexity index is 343. The summed E-state index contributed by atoms with van der Waals surface area (Å²) in [5, 5.41) is 3.68. The van der Waals surface area contributed by atoms with Gasteiger partial charge in [-0.1, -0.05) is 6.92 Å². The van der Waals surface area contributed by atoms with Crippen molar-refractivity contribution in [1.82, 2.24) is 10.2 Å². The van der Waals surface area contributed by atoms with Crippen molar-refractivity contribution in [2.24, 2.45) is 5.92 Å². The van der Waals surface area contributed by atoms with Gasteiger partial charge in [0.05, 0.1) is 0 Å². The first-order valence-corrected chi connectivity index (χ1v) is 8.58. The fraction of sp³-hybridized carbons (Fsp3) is 0.941. The molecule has 0 aromatic heterocycles. The Morgan fingerprint density at radius 3 is 2.48 bits per heavy atom. The van der Waals surface area contributed by atoms with E-state index in [0.29, 0.717) is 12.1 Å². The normalized spacial score (nSPS) is 30.5. The van der Waals surface area contributed by atoms with Crippen molar-refractivity contribution < 1.29 is 9.53 Å². The Kier molecular flexibility index (Phi) is 5.53. The van der Waals surface area contributed by atoms with Gasteiger partial charge in [0.2, 0.25) is 0 Å². The van der Waals surface area contributed by atoms with E-state index < -0.39 is 5.60 Å². The van der Waals surface area contributed by atoms with Crippen molar-refractivity contribution in [2.45, 2.75) is 83.9 Å². The van der Waals surface area contributed by atoms with Crippen LogP contribution in [0.5, 0.6) is 0 Å². The number of rotatable bonds is 3. The van der Waals surface area contributed by atoms with Gasteiger partial charge in [0.15, 0.2) is 0 Å². The average molecular weight is 296 g/mol. The van der Waals surface area contributed by atoms with Gasteiger partial charge in [-0.3, -0.25) is 0 Å². The fourth-order valence-electron chi connectivity index (χ4n) is 3.38. The lowest BCUT2D eigenvalue weighted by molar-refractivity contribution is 0.0223. The Balaban J connectivity index is 1.78. The van der Waals surface area contributed by atoms with Crippen LogP contribution in [-0.2, 0) is 4.74 Å². The van der Waals surface area contributed by atoms with Gasteiger partial charge < -0.3 is 15.0 Å². The highest BCUT2D eigenvalue weighted by Gasteiger charge is 2.32. The maximum Gasteiger partial charge on any atom is 0.410 e. The summed E-state index contributed by atoms with van der Waals surface area (Å²) in [5.41, 5.74) is -0.406. The zero-order valence-corrected chi connectivity index (χ0v) is 14.2. The van der Waals surface area contributed by atoms with Crippen LogP contribution in [0.3, 0.4) is 0 Å². The molecule has 0 bridgehead atoms. The molecule has 21 heavy (non-hydrogen) atoms. The first-order valence-electron chi connectivity index (χ1n) is 8.58. The average Bonchev–Trinajstić information content (AvgIpc) is 2.84. The quantitative estimate of drug-likeness (QED) is 0.866. The van der Waals surface area contributed by atoms with E-state index in [4.69, 9.17) is 4.74 Å². The SMILES string of the molecule is CC(C)(C)OC(=O)N1CCC[C@@H]1CN[C@H]1CC[C@H](C)CC1. The highest BCUT2D eigenvalue weighted by atomic mass is 16.6. The highest BCUT2D eigenvalue weighted by Crippen LogP contribution is 2.25. The van der Waals surface area contributed by atoms with Gasteiger partial charge in [-0.05, 0) is 65.2 Å². The summed E-state index contributed by atoms with van der Waals surface area (Å²) < 4.78 is 5.52. The standard InChI is InChI=1S/C17H32N2O2/c1-13-7-9-14(10-8-13)18-12-15-6-5-11-19(15)16(20)21-17(2,3)4/h13-15,18H,5-12H2,1-4H3/t13-,14-,15-/m1/s1. The summed E-state index contributed by atoms with van der Waals surface area (Å²) in [6, 6.07) is 0.946. The van der Waals surface area contributed by atoms with Crippen LogP contribution in [0, 0.1) is 5.92 Å². The van der Waals surface area contributed by atoms with Gasteiger partial charge in [-0.15, -0.1) is 0 Å². The van der Waals surface area contributed by atoms with Crippen LogP contribution in [0.25, 0.3) is 0 Å². The van der Waals surface area contributed by atoms with Gasteiger partial charge in [0.1, 0.15) is 5.60 Å². The molecule has 0 aromatic rings. The highest BCUT2D eigenvalue weighted by molar-refractivity contribution is 5.69. The van der Waals surface area contributed by atoms with Crippen molar-refractivity contribution in [3.8, 4) is 0 Å². The number of hydrogen-bond acceptors (Lipinski definition) is 3. The summed E-state index contributed by atoms with van der Waals surface area (Å²) in [6.07, 6.45) is 7.25. The predicted octanol–water partition coefficient (Wildman–Crippen LogP) is 3.55. The molecule has 0 radical (unpaired) electrons. The van der Waals surface area contributed by atoms with Gasteiger partial charge >= 0.3 is 6.09 Å². The summed E-state index contributed by atoms with van der Waals surface area (Å²) in [5.74, 6) is 0.882. The molecule has 4 heteroatoms. The second kappa shape index (κ2) is 6.99. The molecular formula is C17H32N2O2. The second-order valence-electron chi connectivity index (χ2n) is 7.83. The van der Waals surface area contributed by atoms with Crippen molar-refractivity contribution >= 4 is 6.09 Å². The van der Waals surface area contributed by atoms with E-state index in [2.05, 4.69) is 12.2 Å². The smallest absolute Gasteiger partial charge is 0.410 e. The van der Waals surface area contributed by atoms with Crippen LogP contribution in [0.15, 0.2) is 0 Å². The molecule has 2 aliphatic rings. The third kappa shape index (κ3) is 5.17. The largest absolute Gasteiger partial charge is 0.444 e. The minimum atomic E-state index is -0.406. The molecule has 122 valence electrons. The van der Waals surface area contributed by atoms with Crippen molar-refractivity contribution in [3.63, 3.8) is 0 Å². The van der Waals surface area contributed by atoms with E-state index >= 15 is 0 Å². The number of ether oxygens (including phenoxy) is 1. The summed E-state index contributed by atoms with van der Waals surface area (Å²) >= 11 is 0. The van der Waals surface area contributed by atoms with E-state index in [9.17, 15) is 4.79 Å². The zero-order chi connectivity index (χ0) is 15.5. The monoisotopic (exact) mass is 296 g/mol. The molecule has 1 saturated carbocycles. The molecule has 2 rings (SSSR count). The van der Waals surface area contributed by atoms with Gasteiger partial charge in [-0.2, -0.15) is 0 Å². The third-order valence-electron chi connectivity index (χ3n) is 4.66. The lowest BCUT2D eigenvalue weighted by Gasteiger charge is -2.31. The lowest BCUT2D eigenvalue weighted by atomic mass is 9.87. The number of amides is 1. The molecule has 1 saturated heterocycles. The molecule has 2 fully saturated rings. The maximum absolute atomic E-state index is 12.2. The van der Waals surface area contributed by atoms with Crippen LogP contribution in [0.2, 0.25) is 0 Å². The third-order valence-corrected chi connectivity index (χ3v) is 4.66. The Hall–Kier alpha value is -0.770. The van der Waals surface area contributed by atoms with Crippen LogP contribution in [-0.4, -0.2) is 41.8 Å². The zero-order valence-electron chi connectivity index (χ0n) is 14.2.